The molecule has 0 aliphatic carbocycles. The van der Waals surface area contributed by atoms with Crippen LogP contribution in [0.3, 0.4) is 0 Å². The van der Waals surface area contributed by atoms with E-state index in [2.05, 4.69) is 15.5 Å². The van der Waals surface area contributed by atoms with Gasteiger partial charge in [-0.05, 0) is 74.0 Å². The normalized spacial score (nSPS) is 13.1. The molecule has 0 saturated carbocycles. The predicted molar refractivity (Wildman–Crippen MR) is 157 cm³/mol. The number of piperazine rings is 1. The fourth-order valence-electron chi connectivity index (χ4n) is 4.43. The standard InChI is InChI=1S/C30H34ClN5O3/c1-3-16-36(29(38)23-6-8-24(31)9-7-23)21-28(37)32-25-12-14-27(15-13-25)34-17-19-35(20-18-34)30(39)33-26-10-4-22(2)5-11-26/h4-15H,3,16-21H2,1-2H3,(H,32,37)(H,33,39). The smallest absolute Gasteiger partial charge is 0.321 e. The number of halogens is 1. The van der Waals surface area contributed by atoms with E-state index in [0.717, 1.165) is 23.4 Å². The summed E-state index contributed by atoms with van der Waals surface area (Å²) >= 11 is 5.93. The Morgan fingerprint density at radius 3 is 2.03 bits per heavy atom. The Bertz CT molecular complexity index is 1270. The van der Waals surface area contributed by atoms with Crippen LogP contribution in [0.5, 0.6) is 0 Å². The van der Waals surface area contributed by atoms with Gasteiger partial charge in [0.1, 0.15) is 6.54 Å². The van der Waals surface area contributed by atoms with Crippen LogP contribution in [0.1, 0.15) is 29.3 Å². The summed E-state index contributed by atoms with van der Waals surface area (Å²) in [5, 5.41) is 6.40. The van der Waals surface area contributed by atoms with Gasteiger partial charge in [-0.2, -0.15) is 0 Å². The number of rotatable bonds is 8. The number of hydrogen-bond acceptors (Lipinski definition) is 4. The molecule has 8 nitrogen and oxygen atoms in total. The number of amides is 4. The van der Waals surface area contributed by atoms with Crippen LogP contribution in [0.15, 0.2) is 72.8 Å². The van der Waals surface area contributed by atoms with Crippen molar-refractivity contribution < 1.29 is 14.4 Å². The van der Waals surface area contributed by atoms with Gasteiger partial charge in [0.15, 0.2) is 0 Å². The highest BCUT2D eigenvalue weighted by molar-refractivity contribution is 6.30. The summed E-state index contributed by atoms with van der Waals surface area (Å²) in [5.41, 5.74) is 4.12. The second-order valence-corrected chi connectivity index (χ2v) is 10.0. The summed E-state index contributed by atoms with van der Waals surface area (Å²) in [6, 6.07) is 22.0. The van der Waals surface area contributed by atoms with E-state index < -0.39 is 0 Å². The molecule has 1 fully saturated rings. The van der Waals surface area contributed by atoms with Crippen molar-refractivity contribution in [1.82, 2.24) is 9.80 Å². The fraction of sp³-hybridized carbons (Fsp3) is 0.300. The third-order valence-electron chi connectivity index (χ3n) is 6.59. The van der Waals surface area contributed by atoms with Crippen molar-refractivity contribution in [3.8, 4) is 0 Å². The minimum Gasteiger partial charge on any atom is -0.368 e. The molecule has 3 aromatic carbocycles. The molecule has 0 radical (unpaired) electrons. The lowest BCUT2D eigenvalue weighted by Crippen LogP contribution is -2.50. The number of carbonyl (C=O) groups is 3. The third-order valence-corrected chi connectivity index (χ3v) is 6.84. The molecule has 4 rings (SSSR count). The molecule has 4 amide bonds. The number of nitrogens with one attached hydrogen (secondary N) is 2. The van der Waals surface area contributed by atoms with E-state index >= 15 is 0 Å². The first-order valence-electron chi connectivity index (χ1n) is 13.1. The minimum absolute atomic E-state index is 0.0380. The van der Waals surface area contributed by atoms with Crippen LogP contribution in [-0.2, 0) is 4.79 Å². The molecule has 0 spiro atoms. The number of benzene rings is 3. The van der Waals surface area contributed by atoms with Gasteiger partial charge in [0.25, 0.3) is 5.91 Å². The van der Waals surface area contributed by atoms with Gasteiger partial charge in [-0.1, -0.05) is 36.2 Å². The Labute approximate surface area is 234 Å². The molecule has 3 aromatic rings. The average molecular weight is 548 g/mol. The Morgan fingerprint density at radius 1 is 0.821 bits per heavy atom. The topological polar surface area (TPSA) is 85.0 Å². The molecule has 39 heavy (non-hydrogen) atoms. The van der Waals surface area contributed by atoms with Crippen LogP contribution in [0.4, 0.5) is 21.9 Å². The molecule has 0 aromatic heterocycles. The lowest BCUT2D eigenvalue weighted by atomic mass is 10.2. The molecular formula is C30H34ClN5O3. The van der Waals surface area contributed by atoms with Gasteiger partial charge in [0, 0.05) is 60.4 Å². The van der Waals surface area contributed by atoms with Gasteiger partial charge in [-0.3, -0.25) is 9.59 Å². The first-order valence-corrected chi connectivity index (χ1v) is 13.5. The molecule has 2 N–H and O–H groups in total. The van der Waals surface area contributed by atoms with E-state index in [0.29, 0.717) is 49.0 Å². The Kier molecular flexibility index (Phi) is 9.44. The van der Waals surface area contributed by atoms with Gasteiger partial charge < -0.3 is 25.3 Å². The van der Waals surface area contributed by atoms with Crippen molar-refractivity contribution in [2.24, 2.45) is 0 Å². The van der Waals surface area contributed by atoms with E-state index in [-0.39, 0.29) is 24.4 Å². The summed E-state index contributed by atoms with van der Waals surface area (Å²) in [6.07, 6.45) is 0.738. The van der Waals surface area contributed by atoms with E-state index in [9.17, 15) is 14.4 Å². The van der Waals surface area contributed by atoms with Crippen LogP contribution < -0.4 is 15.5 Å². The maximum atomic E-state index is 12.9. The zero-order chi connectivity index (χ0) is 27.8. The number of urea groups is 1. The average Bonchev–Trinajstić information content (AvgIpc) is 2.94. The highest BCUT2D eigenvalue weighted by atomic mass is 35.5. The maximum absolute atomic E-state index is 12.9. The highest BCUT2D eigenvalue weighted by Gasteiger charge is 2.22. The Balaban J connectivity index is 1.27. The zero-order valence-corrected chi connectivity index (χ0v) is 23.1. The highest BCUT2D eigenvalue weighted by Crippen LogP contribution is 2.20. The van der Waals surface area contributed by atoms with Crippen molar-refractivity contribution in [1.29, 1.82) is 0 Å². The SMILES string of the molecule is CCCN(CC(=O)Nc1ccc(N2CCN(C(=O)Nc3ccc(C)cc3)CC2)cc1)C(=O)c1ccc(Cl)cc1. The van der Waals surface area contributed by atoms with Crippen molar-refractivity contribution in [3.05, 3.63) is 88.9 Å². The van der Waals surface area contributed by atoms with Crippen molar-refractivity contribution in [2.75, 3.05) is 54.8 Å². The van der Waals surface area contributed by atoms with Crippen LogP contribution >= 0.6 is 11.6 Å². The first-order chi connectivity index (χ1) is 18.8. The number of hydrogen-bond donors (Lipinski definition) is 2. The second-order valence-electron chi connectivity index (χ2n) is 9.60. The summed E-state index contributed by atoms with van der Waals surface area (Å²) < 4.78 is 0. The lowest BCUT2D eigenvalue weighted by molar-refractivity contribution is -0.116. The van der Waals surface area contributed by atoms with E-state index in [1.807, 2.05) is 67.3 Å². The first kappa shape index (κ1) is 28.0. The fourth-order valence-corrected chi connectivity index (χ4v) is 4.56. The van der Waals surface area contributed by atoms with E-state index in [1.54, 1.807) is 29.2 Å². The monoisotopic (exact) mass is 547 g/mol. The van der Waals surface area contributed by atoms with Crippen molar-refractivity contribution >= 4 is 46.5 Å². The number of carbonyl (C=O) groups excluding carboxylic acids is 3. The molecule has 0 atom stereocenters. The largest absolute Gasteiger partial charge is 0.368 e. The van der Waals surface area contributed by atoms with Crippen LogP contribution in [0.25, 0.3) is 0 Å². The third kappa shape index (κ3) is 7.74. The lowest BCUT2D eigenvalue weighted by Gasteiger charge is -2.36. The molecule has 1 saturated heterocycles. The molecule has 1 heterocycles. The van der Waals surface area contributed by atoms with Crippen LogP contribution in [-0.4, -0.2) is 66.9 Å². The zero-order valence-electron chi connectivity index (χ0n) is 22.3. The molecule has 1 aliphatic heterocycles. The summed E-state index contributed by atoms with van der Waals surface area (Å²) in [4.78, 5) is 43.8. The van der Waals surface area contributed by atoms with Crippen molar-refractivity contribution in [2.45, 2.75) is 20.3 Å². The van der Waals surface area contributed by atoms with Gasteiger partial charge in [0.05, 0.1) is 0 Å². The second kappa shape index (κ2) is 13.2. The van der Waals surface area contributed by atoms with Crippen LogP contribution in [0.2, 0.25) is 5.02 Å². The Hall–Kier alpha value is -4.04. The molecule has 1 aliphatic rings. The van der Waals surface area contributed by atoms with Crippen LogP contribution in [0, 0.1) is 6.92 Å². The summed E-state index contributed by atoms with van der Waals surface area (Å²) in [7, 11) is 0. The maximum Gasteiger partial charge on any atom is 0.321 e. The molecule has 204 valence electrons. The van der Waals surface area contributed by atoms with Gasteiger partial charge in [0.2, 0.25) is 5.91 Å². The van der Waals surface area contributed by atoms with Gasteiger partial charge >= 0.3 is 6.03 Å². The number of aryl methyl sites for hydroxylation is 1. The summed E-state index contributed by atoms with van der Waals surface area (Å²) in [5.74, 6) is -0.461. The molecule has 0 unspecified atom stereocenters. The quantitative estimate of drug-likeness (QED) is 0.390. The van der Waals surface area contributed by atoms with E-state index in [4.69, 9.17) is 11.6 Å². The molecular weight excluding hydrogens is 514 g/mol. The molecule has 9 heteroatoms. The number of nitrogens with zero attached hydrogens (tertiary/aromatic N) is 3. The molecule has 0 bridgehead atoms. The van der Waals surface area contributed by atoms with Gasteiger partial charge in [-0.25, -0.2) is 4.79 Å². The van der Waals surface area contributed by atoms with E-state index in [1.165, 1.54) is 0 Å². The summed E-state index contributed by atoms with van der Waals surface area (Å²) in [6.45, 7) is 7.08. The Morgan fingerprint density at radius 2 is 1.41 bits per heavy atom. The van der Waals surface area contributed by atoms with Gasteiger partial charge in [-0.15, -0.1) is 0 Å². The number of anilines is 3. The minimum atomic E-state index is -0.258. The predicted octanol–water partition coefficient (Wildman–Crippen LogP) is 5.49. The van der Waals surface area contributed by atoms with Crippen molar-refractivity contribution in [3.63, 3.8) is 0 Å².